The lowest BCUT2D eigenvalue weighted by atomic mass is 10.0. The molecule has 0 amide bonds. The molecular formula is C72H128O6. The van der Waals surface area contributed by atoms with Crippen LogP contribution in [0.25, 0.3) is 0 Å². The molecule has 0 rings (SSSR count). The van der Waals surface area contributed by atoms with Crippen LogP contribution in [0.2, 0.25) is 0 Å². The van der Waals surface area contributed by atoms with Crippen LogP contribution in [0.5, 0.6) is 0 Å². The first kappa shape index (κ1) is 74.8. The Kier molecular flexibility index (Phi) is 63.7. The molecule has 0 radical (unpaired) electrons. The zero-order chi connectivity index (χ0) is 56.4. The maximum Gasteiger partial charge on any atom is 0.306 e. The smallest absolute Gasteiger partial charge is 0.306 e. The fourth-order valence-electron chi connectivity index (χ4n) is 9.92. The van der Waals surface area contributed by atoms with E-state index >= 15 is 0 Å². The zero-order valence-electron chi connectivity index (χ0n) is 51.9. The number of allylic oxidation sites excluding steroid dienone is 12. The van der Waals surface area contributed by atoms with Gasteiger partial charge in [-0.25, -0.2) is 0 Å². The maximum atomic E-state index is 12.9. The first-order valence-electron chi connectivity index (χ1n) is 33.9. The lowest BCUT2D eigenvalue weighted by Crippen LogP contribution is -2.30. The number of unbranched alkanes of at least 4 members (excludes halogenated alkanes) is 39. The Labute approximate surface area is 484 Å². The average Bonchev–Trinajstić information content (AvgIpc) is 3.44. The van der Waals surface area contributed by atoms with Crippen molar-refractivity contribution in [1.29, 1.82) is 0 Å². The van der Waals surface area contributed by atoms with E-state index in [1.165, 1.54) is 205 Å². The zero-order valence-corrected chi connectivity index (χ0v) is 51.9. The minimum Gasteiger partial charge on any atom is -0.462 e. The molecular weight excluding hydrogens is 961 g/mol. The van der Waals surface area contributed by atoms with Gasteiger partial charge in [0.25, 0.3) is 0 Å². The summed E-state index contributed by atoms with van der Waals surface area (Å²) in [6, 6.07) is 0. The van der Waals surface area contributed by atoms with Crippen LogP contribution in [-0.2, 0) is 28.6 Å². The fraction of sp³-hybridized carbons (Fsp3) is 0.792. The number of ether oxygens (including phenoxy) is 3. The Morgan fingerprint density at radius 1 is 0.269 bits per heavy atom. The molecule has 0 aliphatic carbocycles. The fourth-order valence-corrected chi connectivity index (χ4v) is 9.92. The van der Waals surface area contributed by atoms with Crippen LogP contribution in [0.3, 0.4) is 0 Å². The number of rotatable bonds is 62. The molecule has 0 fully saturated rings. The SMILES string of the molecule is CC/C=C\C/C=C\C/C=C\C/C=C\C/C=C\C/C=C\CCCCCCCCC(=O)OCC(COC(=O)CCCCCCCCCCCCCCCCCCC)OC(=O)CCCCCCCCCCCCCCCCCCCC. The van der Waals surface area contributed by atoms with Crippen LogP contribution in [-0.4, -0.2) is 37.2 Å². The van der Waals surface area contributed by atoms with Gasteiger partial charge >= 0.3 is 17.9 Å². The Bertz CT molecular complexity index is 1440. The molecule has 78 heavy (non-hydrogen) atoms. The summed E-state index contributed by atoms with van der Waals surface area (Å²) >= 11 is 0. The third kappa shape index (κ3) is 63.7. The van der Waals surface area contributed by atoms with Gasteiger partial charge in [0.05, 0.1) is 0 Å². The predicted octanol–water partition coefficient (Wildman–Crippen LogP) is 23.3. The first-order valence-corrected chi connectivity index (χ1v) is 33.9. The molecule has 0 spiro atoms. The van der Waals surface area contributed by atoms with E-state index in [-0.39, 0.29) is 31.1 Å². The number of esters is 3. The van der Waals surface area contributed by atoms with Crippen molar-refractivity contribution in [2.45, 2.75) is 354 Å². The number of carbonyl (C=O) groups is 3. The average molecular weight is 1090 g/mol. The van der Waals surface area contributed by atoms with E-state index in [4.69, 9.17) is 14.2 Å². The van der Waals surface area contributed by atoms with Crippen molar-refractivity contribution >= 4 is 17.9 Å². The molecule has 0 aromatic carbocycles. The van der Waals surface area contributed by atoms with Crippen LogP contribution in [0, 0.1) is 0 Å². The molecule has 0 saturated carbocycles. The Balaban J connectivity index is 4.36. The topological polar surface area (TPSA) is 78.9 Å². The highest BCUT2D eigenvalue weighted by Gasteiger charge is 2.19. The minimum absolute atomic E-state index is 0.0749. The third-order valence-corrected chi connectivity index (χ3v) is 15.0. The highest BCUT2D eigenvalue weighted by atomic mass is 16.6. The molecule has 0 aliphatic rings. The van der Waals surface area contributed by atoms with Crippen LogP contribution in [0.4, 0.5) is 0 Å². The van der Waals surface area contributed by atoms with Crippen LogP contribution in [0.15, 0.2) is 72.9 Å². The quantitative estimate of drug-likeness (QED) is 0.0261. The summed E-state index contributed by atoms with van der Waals surface area (Å²) in [5.74, 6) is -0.867. The van der Waals surface area contributed by atoms with E-state index in [1.807, 2.05) is 0 Å². The molecule has 0 saturated heterocycles. The molecule has 0 bridgehead atoms. The lowest BCUT2D eigenvalue weighted by Gasteiger charge is -2.18. The summed E-state index contributed by atoms with van der Waals surface area (Å²) in [7, 11) is 0. The molecule has 452 valence electrons. The van der Waals surface area contributed by atoms with Crippen LogP contribution < -0.4 is 0 Å². The van der Waals surface area contributed by atoms with Gasteiger partial charge in [-0.2, -0.15) is 0 Å². The van der Waals surface area contributed by atoms with Gasteiger partial charge in [-0.15, -0.1) is 0 Å². The van der Waals surface area contributed by atoms with Crippen molar-refractivity contribution < 1.29 is 28.6 Å². The number of hydrogen-bond donors (Lipinski definition) is 0. The second kappa shape index (κ2) is 66.4. The standard InChI is InChI=1S/C72H128O6/c1-4-7-10-13-16-19-22-25-28-31-33-34-35-36-37-38-39-42-44-47-50-53-56-59-62-65-71(74)77-68-69(67-76-70(73)64-61-58-55-52-49-46-43-40-30-27-24-21-18-15-12-9-6-3)78-72(75)66-63-60-57-54-51-48-45-41-32-29-26-23-20-17-14-11-8-5-2/h7,10,16,19,25,28,33-34,36-37,39,42,69H,4-6,8-9,11-15,17-18,20-24,26-27,29-32,35,38,40-41,43-68H2,1-3H3/b10-7-,19-16-,28-25-,34-33-,37-36-,42-39-. The normalized spacial score (nSPS) is 12.5. The highest BCUT2D eigenvalue weighted by Crippen LogP contribution is 2.18. The maximum absolute atomic E-state index is 12.9. The predicted molar refractivity (Wildman–Crippen MR) is 339 cm³/mol. The summed E-state index contributed by atoms with van der Waals surface area (Å²) in [6.45, 7) is 6.58. The number of carbonyl (C=O) groups excluding carboxylic acids is 3. The van der Waals surface area contributed by atoms with Crippen molar-refractivity contribution in [2.24, 2.45) is 0 Å². The van der Waals surface area contributed by atoms with Gasteiger partial charge in [0, 0.05) is 19.3 Å². The van der Waals surface area contributed by atoms with Gasteiger partial charge in [0.1, 0.15) is 13.2 Å². The molecule has 6 heteroatoms. The molecule has 1 atom stereocenters. The largest absolute Gasteiger partial charge is 0.462 e. The molecule has 0 aromatic heterocycles. The Morgan fingerprint density at radius 2 is 0.500 bits per heavy atom. The molecule has 6 nitrogen and oxygen atoms in total. The summed E-state index contributed by atoms with van der Waals surface area (Å²) < 4.78 is 17.0. The van der Waals surface area contributed by atoms with E-state index in [9.17, 15) is 14.4 Å². The monoisotopic (exact) mass is 1090 g/mol. The highest BCUT2D eigenvalue weighted by molar-refractivity contribution is 5.71. The van der Waals surface area contributed by atoms with Gasteiger partial charge in [-0.1, -0.05) is 331 Å². The minimum atomic E-state index is -0.780. The number of hydrogen-bond acceptors (Lipinski definition) is 6. The van der Waals surface area contributed by atoms with Crippen LogP contribution >= 0.6 is 0 Å². The summed E-state index contributed by atoms with van der Waals surface area (Å²) in [5, 5.41) is 0. The van der Waals surface area contributed by atoms with Gasteiger partial charge in [0.2, 0.25) is 0 Å². The van der Waals surface area contributed by atoms with Crippen molar-refractivity contribution in [3.63, 3.8) is 0 Å². The Hall–Kier alpha value is -3.15. The van der Waals surface area contributed by atoms with Crippen molar-refractivity contribution in [1.82, 2.24) is 0 Å². The first-order chi connectivity index (χ1) is 38.5. The van der Waals surface area contributed by atoms with Gasteiger partial charge < -0.3 is 14.2 Å². The summed E-state index contributed by atoms with van der Waals surface area (Å²) in [6.07, 6.45) is 86.2. The van der Waals surface area contributed by atoms with Crippen molar-refractivity contribution in [2.75, 3.05) is 13.2 Å². The van der Waals surface area contributed by atoms with Gasteiger partial charge in [-0.05, 0) is 70.6 Å². The van der Waals surface area contributed by atoms with E-state index in [2.05, 4.69) is 93.7 Å². The van der Waals surface area contributed by atoms with Gasteiger partial charge in [-0.3, -0.25) is 14.4 Å². The molecule has 0 aliphatic heterocycles. The van der Waals surface area contributed by atoms with E-state index in [0.717, 1.165) is 103 Å². The second-order valence-corrected chi connectivity index (χ2v) is 22.7. The molecule has 0 heterocycles. The summed E-state index contributed by atoms with van der Waals surface area (Å²) in [4.78, 5) is 38.4. The van der Waals surface area contributed by atoms with E-state index in [1.54, 1.807) is 0 Å². The van der Waals surface area contributed by atoms with Crippen molar-refractivity contribution in [3.05, 3.63) is 72.9 Å². The summed E-state index contributed by atoms with van der Waals surface area (Å²) in [5.41, 5.74) is 0. The van der Waals surface area contributed by atoms with E-state index in [0.29, 0.717) is 19.3 Å². The molecule has 1 unspecified atom stereocenters. The molecule has 0 N–H and O–H groups in total. The Morgan fingerprint density at radius 3 is 0.782 bits per heavy atom. The van der Waals surface area contributed by atoms with Crippen LogP contribution in [0.1, 0.15) is 348 Å². The van der Waals surface area contributed by atoms with Crippen molar-refractivity contribution in [3.8, 4) is 0 Å². The third-order valence-electron chi connectivity index (χ3n) is 15.0. The van der Waals surface area contributed by atoms with Gasteiger partial charge in [0.15, 0.2) is 6.10 Å². The lowest BCUT2D eigenvalue weighted by molar-refractivity contribution is -0.167. The van der Waals surface area contributed by atoms with E-state index < -0.39 is 6.10 Å². The second-order valence-electron chi connectivity index (χ2n) is 22.7. The molecule has 0 aromatic rings.